The van der Waals surface area contributed by atoms with Gasteiger partial charge in [-0.3, -0.25) is 14.5 Å². The molecule has 0 unspecified atom stereocenters. The molecule has 2 atom stereocenters. The van der Waals surface area contributed by atoms with E-state index in [2.05, 4.69) is 20.8 Å². The molecule has 1 N–H and O–H groups in total. The average Bonchev–Trinajstić information content (AvgIpc) is 3.45. The molecule has 0 aliphatic carbocycles. The first-order chi connectivity index (χ1) is 20.9. The number of methoxy groups -OCH3 is 1. The van der Waals surface area contributed by atoms with Gasteiger partial charge in [-0.05, 0) is 27.1 Å². The zero-order valence-electron chi connectivity index (χ0n) is 23.2. The molecule has 12 nitrogen and oxygen atoms in total. The molecular formula is C28H27N7O5S3. The summed E-state index contributed by atoms with van der Waals surface area (Å²) < 4.78 is 13.3. The van der Waals surface area contributed by atoms with Gasteiger partial charge in [0.05, 0.1) is 17.6 Å². The van der Waals surface area contributed by atoms with E-state index in [4.69, 9.17) is 14.7 Å². The Kier molecular flexibility index (Phi) is 9.71. The summed E-state index contributed by atoms with van der Waals surface area (Å²) in [6, 6.07) is 20.7. The molecule has 2 amide bonds. The monoisotopic (exact) mass is 637 g/mol. The minimum Gasteiger partial charge on any atom is -0.448 e. The van der Waals surface area contributed by atoms with Crippen LogP contribution in [-0.2, 0) is 30.9 Å². The quantitative estimate of drug-likeness (QED) is 0.102. The summed E-state index contributed by atoms with van der Waals surface area (Å²) in [5.41, 5.74) is 0.648. The van der Waals surface area contributed by atoms with Gasteiger partial charge in [-0.2, -0.15) is 5.26 Å². The number of nitrogens with one attached hydrogen (secondary N) is 1. The molecule has 3 aromatic rings. The van der Waals surface area contributed by atoms with Crippen LogP contribution in [0.3, 0.4) is 0 Å². The van der Waals surface area contributed by atoms with E-state index in [0.29, 0.717) is 22.2 Å². The van der Waals surface area contributed by atoms with E-state index in [1.54, 1.807) is 7.05 Å². The summed E-state index contributed by atoms with van der Waals surface area (Å²) in [5, 5.41) is 22.9. The van der Waals surface area contributed by atoms with E-state index in [1.807, 2.05) is 66.7 Å². The topological polar surface area (TPSA) is 152 Å². The summed E-state index contributed by atoms with van der Waals surface area (Å²) in [6.07, 6.45) is -0.729. The molecule has 2 aliphatic rings. The smallest absolute Gasteiger partial charge is 0.356 e. The van der Waals surface area contributed by atoms with Gasteiger partial charge in [0, 0.05) is 25.7 Å². The molecule has 0 saturated carbocycles. The summed E-state index contributed by atoms with van der Waals surface area (Å²) in [7, 11) is 3.05. The summed E-state index contributed by atoms with van der Waals surface area (Å²) in [6.45, 7) is 0. The Labute approximate surface area is 260 Å². The Bertz CT molecular complexity index is 1520. The number of rotatable bonds is 12. The number of benzene rings is 2. The van der Waals surface area contributed by atoms with Gasteiger partial charge in [-0.1, -0.05) is 72.4 Å². The van der Waals surface area contributed by atoms with Crippen molar-refractivity contribution in [3.8, 4) is 6.07 Å². The number of tetrazole rings is 1. The van der Waals surface area contributed by atoms with E-state index in [1.165, 1.54) is 40.2 Å². The van der Waals surface area contributed by atoms with Crippen molar-refractivity contribution in [1.29, 1.82) is 5.26 Å². The van der Waals surface area contributed by atoms with E-state index in [0.717, 1.165) is 22.9 Å². The van der Waals surface area contributed by atoms with Gasteiger partial charge in [0.1, 0.15) is 11.1 Å². The molecule has 1 fully saturated rings. The second kappa shape index (κ2) is 13.6. The van der Waals surface area contributed by atoms with E-state index >= 15 is 0 Å². The first-order valence-electron chi connectivity index (χ1n) is 13.0. The molecule has 2 aliphatic heterocycles. The third-order valence-corrected chi connectivity index (χ3v) is 10.0. The zero-order chi connectivity index (χ0) is 30.4. The van der Waals surface area contributed by atoms with Crippen LogP contribution >= 0.6 is 35.3 Å². The van der Waals surface area contributed by atoms with E-state index in [9.17, 15) is 14.4 Å². The first kappa shape index (κ1) is 30.6. The second-order valence-electron chi connectivity index (χ2n) is 9.41. The predicted molar refractivity (Wildman–Crippen MR) is 161 cm³/mol. The van der Waals surface area contributed by atoms with Gasteiger partial charge < -0.3 is 14.8 Å². The Balaban J connectivity index is 1.47. The molecule has 43 heavy (non-hydrogen) atoms. The number of aromatic nitrogens is 4. The van der Waals surface area contributed by atoms with E-state index < -0.39 is 35.0 Å². The second-order valence-corrected chi connectivity index (χ2v) is 12.4. The van der Waals surface area contributed by atoms with Crippen LogP contribution in [0.15, 0.2) is 77.1 Å². The molecule has 1 aromatic heterocycles. The lowest BCUT2D eigenvalue weighted by atomic mass is 9.98. The number of carbonyl (C=O) groups is 3. The number of nitrogens with zero attached hydrogens (tertiary/aromatic N) is 6. The van der Waals surface area contributed by atoms with Crippen LogP contribution in [-0.4, -0.2) is 84.1 Å². The number of amides is 2. The molecular weight excluding hydrogens is 611 g/mol. The van der Waals surface area contributed by atoms with Gasteiger partial charge in [0.2, 0.25) is 11.1 Å². The molecule has 2 aromatic carbocycles. The van der Waals surface area contributed by atoms with E-state index in [-0.39, 0.29) is 17.2 Å². The van der Waals surface area contributed by atoms with Gasteiger partial charge >= 0.3 is 5.97 Å². The number of hydrogen-bond donors (Lipinski definition) is 1. The lowest BCUT2D eigenvalue weighted by molar-refractivity contribution is -0.192. The molecule has 3 heterocycles. The molecule has 5 rings (SSSR count). The van der Waals surface area contributed by atoms with Crippen LogP contribution in [0.5, 0.6) is 0 Å². The normalized spacial score (nSPS) is 19.4. The summed E-state index contributed by atoms with van der Waals surface area (Å²) in [4.78, 5) is 42.0. The van der Waals surface area contributed by atoms with Gasteiger partial charge in [-0.15, -0.1) is 28.6 Å². The van der Waals surface area contributed by atoms with Crippen molar-refractivity contribution >= 4 is 53.1 Å². The molecule has 222 valence electrons. The lowest BCUT2D eigenvalue weighted by Gasteiger charge is -2.56. The van der Waals surface area contributed by atoms with Gasteiger partial charge in [0.15, 0.2) is 6.10 Å². The number of ether oxygens (including phenoxy) is 2. The Morgan fingerprint density at radius 2 is 1.86 bits per heavy atom. The first-order valence-corrected chi connectivity index (χ1v) is 16.2. The Hall–Kier alpha value is -3.84. The van der Waals surface area contributed by atoms with Crippen molar-refractivity contribution in [2.24, 2.45) is 7.05 Å². The number of esters is 1. The highest BCUT2D eigenvalue weighted by atomic mass is 32.2. The lowest BCUT2D eigenvalue weighted by Crippen LogP contribution is -2.80. The molecule has 0 radical (unpaired) electrons. The SMILES string of the molecule is CO[C@@]1(NC(=O)CSCC#N)C(=O)N2C(C(=O)OC(c3ccccc3)c3ccccc3)=C(CSc3nnnn3C)CS[C@@H]21. The van der Waals surface area contributed by atoms with Crippen LogP contribution in [0.1, 0.15) is 17.2 Å². The van der Waals surface area contributed by atoms with Crippen molar-refractivity contribution in [2.45, 2.75) is 22.4 Å². The van der Waals surface area contributed by atoms with Gasteiger partial charge in [-0.25, -0.2) is 9.48 Å². The van der Waals surface area contributed by atoms with Gasteiger partial charge in [0.25, 0.3) is 11.6 Å². The minimum absolute atomic E-state index is 0.0163. The zero-order valence-corrected chi connectivity index (χ0v) is 25.7. The van der Waals surface area contributed by atoms with Crippen LogP contribution in [0.2, 0.25) is 0 Å². The molecule has 1 saturated heterocycles. The number of thioether (sulfide) groups is 3. The van der Waals surface area contributed by atoms with Crippen LogP contribution < -0.4 is 5.32 Å². The maximum atomic E-state index is 14.1. The maximum absolute atomic E-state index is 14.1. The Morgan fingerprint density at radius 1 is 1.19 bits per heavy atom. The van der Waals surface area contributed by atoms with Crippen LogP contribution in [0.25, 0.3) is 0 Å². The summed E-state index contributed by atoms with van der Waals surface area (Å²) in [5.74, 6) is -0.912. The number of hydrogen-bond acceptors (Lipinski definition) is 12. The van der Waals surface area contributed by atoms with Crippen molar-refractivity contribution < 1.29 is 23.9 Å². The number of aryl methyl sites for hydroxylation is 1. The highest BCUT2D eigenvalue weighted by Crippen LogP contribution is 2.48. The number of carbonyl (C=O) groups excluding carboxylic acids is 3. The van der Waals surface area contributed by atoms with Crippen LogP contribution in [0.4, 0.5) is 0 Å². The third kappa shape index (κ3) is 6.28. The van der Waals surface area contributed by atoms with Crippen molar-refractivity contribution in [2.75, 3.05) is 30.1 Å². The van der Waals surface area contributed by atoms with Crippen molar-refractivity contribution in [1.82, 2.24) is 30.4 Å². The molecule has 15 heteroatoms. The highest BCUT2D eigenvalue weighted by molar-refractivity contribution is 8.01. The Morgan fingerprint density at radius 3 is 2.44 bits per heavy atom. The fourth-order valence-corrected chi connectivity index (χ4v) is 7.60. The maximum Gasteiger partial charge on any atom is 0.356 e. The molecule has 0 bridgehead atoms. The molecule has 0 spiro atoms. The van der Waals surface area contributed by atoms with Crippen molar-refractivity contribution in [3.05, 3.63) is 83.1 Å². The minimum atomic E-state index is -1.66. The fourth-order valence-electron chi connectivity index (χ4n) is 4.72. The third-order valence-electron chi connectivity index (χ3n) is 6.74. The van der Waals surface area contributed by atoms with Crippen LogP contribution in [0, 0.1) is 11.3 Å². The summed E-state index contributed by atoms with van der Waals surface area (Å²) >= 11 is 3.83. The highest BCUT2D eigenvalue weighted by Gasteiger charge is 2.66. The standard InChI is InChI=1S/C28H27N7O5S3/c1-34-27(31-32-33-34)43-16-20-15-42-26-28(39-2,30-21(36)17-41-14-13-29)25(38)35(26)22(20)24(37)40-23(18-9-5-3-6-10-18)19-11-7-4-8-12-19/h3-12,23,26H,14-17H2,1-2H3,(H,30,36)/t26-,28+/m1/s1. The van der Waals surface area contributed by atoms with Crippen molar-refractivity contribution in [3.63, 3.8) is 0 Å². The number of β-lactam (4-membered cyclic amide) rings is 1. The predicted octanol–water partition coefficient (Wildman–Crippen LogP) is 2.52. The number of nitriles is 1. The fraction of sp³-hybridized carbons (Fsp3) is 0.321. The number of fused-ring (bicyclic) bond motifs is 1. The largest absolute Gasteiger partial charge is 0.448 e. The average molecular weight is 638 g/mol.